The van der Waals surface area contributed by atoms with Gasteiger partial charge in [0, 0.05) is 45.2 Å². The third-order valence-electron chi connectivity index (χ3n) is 5.89. The van der Waals surface area contributed by atoms with E-state index in [0.29, 0.717) is 19.3 Å². The van der Waals surface area contributed by atoms with Crippen LogP contribution in [0, 0.1) is 12.3 Å². The number of para-hydroxylation sites is 2. The maximum Gasteiger partial charge on any atom is 0.222 e. The van der Waals surface area contributed by atoms with Crippen molar-refractivity contribution in [3.63, 3.8) is 0 Å². The van der Waals surface area contributed by atoms with E-state index in [1.165, 1.54) is 5.52 Å². The SMILES string of the molecule is C#CCCC1(CCC(=O)N2CCCC(n3c(CC)nc4ccccc43)C2)N=N1. The van der Waals surface area contributed by atoms with Crippen LogP contribution in [0.25, 0.3) is 11.0 Å². The van der Waals surface area contributed by atoms with E-state index in [1.54, 1.807) is 0 Å². The minimum absolute atomic E-state index is 0.199. The van der Waals surface area contributed by atoms with Crippen LogP contribution in [0.1, 0.15) is 57.3 Å². The number of hydrogen-bond donors (Lipinski definition) is 0. The molecule has 146 valence electrons. The normalized spacial score (nSPS) is 20.3. The second-order valence-electron chi connectivity index (χ2n) is 7.76. The van der Waals surface area contributed by atoms with Crippen LogP contribution in [0.3, 0.4) is 0 Å². The lowest BCUT2D eigenvalue weighted by molar-refractivity contribution is -0.133. The molecule has 1 saturated heterocycles. The van der Waals surface area contributed by atoms with Crippen molar-refractivity contribution in [2.45, 2.75) is 63.6 Å². The first-order valence-corrected chi connectivity index (χ1v) is 10.3. The highest BCUT2D eigenvalue weighted by atomic mass is 16.2. The number of fused-ring (bicyclic) bond motifs is 1. The number of rotatable bonds is 7. The standard InChI is InChI=1S/C22H27N5O/c1-3-5-13-22(24-25-22)14-12-21(28)26-15-8-9-17(16-26)27-19-11-7-6-10-18(19)23-20(27)4-2/h1,6-7,10-11,17H,4-5,8-9,12-16H2,2H3. The summed E-state index contributed by atoms with van der Waals surface area (Å²) >= 11 is 0. The predicted molar refractivity (Wildman–Crippen MR) is 109 cm³/mol. The Morgan fingerprint density at radius 2 is 2.14 bits per heavy atom. The average Bonchev–Trinajstić information content (AvgIpc) is 3.41. The van der Waals surface area contributed by atoms with Crippen LogP contribution in [-0.2, 0) is 11.2 Å². The molecule has 2 aromatic rings. The molecule has 0 aliphatic carbocycles. The van der Waals surface area contributed by atoms with Crippen LogP contribution in [0.5, 0.6) is 0 Å². The number of nitrogens with zero attached hydrogens (tertiary/aromatic N) is 5. The van der Waals surface area contributed by atoms with Crippen LogP contribution in [0.4, 0.5) is 0 Å². The number of terminal acetylenes is 1. The number of likely N-dealkylation sites (tertiary alicyclic amines) is 1. The molecule has 0 saturated carbocycles. The van der Waals surface area contributed by atoms with Gasteiger partial charge in [0.2, 0.25) is 5.91 Å². The van der Waals surface area contributed by atoms with E-state index in [1.807, 2.05) is 11.0 Å². The third-order valence-corrected chi connectivity index (χ3v) is 5.89. The molecule has 6 heteroatoms. The largest absolute Gasteiger partial charge is 0.341 e. The van der Waals surface area contributed by atoms with Crippen molar-refractivity contribution >= 4 is 16.9 Å². The van der Waals surface area contributed by atoms with E-state index in [0.717, 1.165) is 50.1 Å². The number of aromatic nitrogens is 2. The first-order chi connectivity index (χ1) is 13.7. The minimum Gasteiger partial charge on any atom is -0.341 e. The molecule has 28 heavy (non-hydrogen) atoms. The summed E-state index contributed by atoms with van der Waals surface area (Å²) in [6.07, 6.45) is 10.9. The molecule has 4 rings (SSSR count). The fourth-order valence-electron chi connectivity index (χ4n) is 4.28. The molecule has 6 nitrogen and oxygen atoms in total. The van der Waals surface area contributed by atoms with E-state index in [9.17, 15) is 4.79 Å². The Bertz CT molecular complexity index is 932. The highest BCUT2D eigenvalue weighted by Crippen LogP contribution is 2.38. The van der Waals surface area contributed by atoms with Crippen LogP contribution >= 0.6 is 0 Å². The van der Waals surface area contributed by atoms with Gasteiger partial charge in [-0.2, -0.15) is 10.2 Å². The van der Waals surface area contributed by atoms with Gasteiger partial charge in [-0.05, 0) is 25.0 Å². The lowest BCUT2D eigenvalue weighted by atomic mass is 10.00. The van der Waals surface area contributed by atoms with Gasteiger partial charge in [0.1, 0.15) is 5.82 Å². The highest BCUT2D eigenvalue weighted by molar-refractivity contribution is 5.77. The summed E-state index contributed by atoms with van der Waals surface area (Å²) in [6.45, 7) is 3.72. The van der Waals surface area contributed by atoms with Gasteiger partial charge in [-0.3, -0.25) is 4.79 Å². The summed E-state index contributed by atoms with van der Waals surface area (Å²) in [5, 5.41) is 8.29. The van der Waals surface area contributed by atoms with Gasteiger partial charge >= 0.3 is 0 Å². The number of aryl methyl sites for hydroxylation is 1. The molecule has 2 aliphatic heterocycles. The summed E-state index contributed by atoms with van der Waals surface area (Å²) in [7, 11) is 0. The molecule has 0 bridgehead atoms. The summed E-state index contributed by atoms with van der Waals surface area (Å²) in [5.74, 6) is 3.94. The summed E-state index contributed by atoms with van der Waals surface area (Å²) in [6, 6.07) is 8.57. The smallest absolute Gasteiger partial charge is 0.222 e. The van der Waals surface area contributed by atoms with Gasteiger partial charge in [0.05, 0.1) is 17.1 Å². The highest BCUT2D eigenvalue weighted by Gasteiger charge is 2.40. The molecule has 0 spiro atoms. The number of benzene rings is 1. The predicted octanol–water partition coefficient (Wildman–Crippen LogP) is 4.12. The molecule has 3 heterocycles. The summed E-state index contributed by atoms with van der Waals surface area (Å²) in [5.41, 5.74) is 1.82. The number of amides is 1. The molecule has 0 N–H and O–H groups in total. The molecule has 1 amide bonds. The zero-order chi connectivity index (χ0) is 19.6. The van der Waals surface area contributed by atoms with E-state index in [-0.39, 0.29) is 17.6 Å². The first kappa shape index (κ1) is 18.7. The monoisotopic (exact) mass is 377 g/mol. The Hall–Kier alpha value is -2.68. The van der Waals surface area contributed by atoms with E-state index in [4.69, 9.17) is 11.4 Å². The summed E-state index contributed by atoms with van der Waals surface area (Å²) < 4.78 is 2.36. The molecular formula is C22H27N5O. The molecule has 1 aromatic heterocycles. The maximum atomic E-state index is 12.9. The van der Waals surface area contributed by atoms with Crippen LogP contribution < -0.4 is 0 Å². The number of imidazole rings is 1. The van der Waals surface area contributed by atoms with E-state index >= 15 is 0 Å². The van der Waals surface area contributed by atoms with Crippen LogP contribution in [-0.4, -0.2) is 39.1 Å². The average molecular weight is 377 g/mol. The lowest BCUT2D eigenvalue weighted by Gasteiger charge is -2.34. The minimum atomic E-state index is -0.382. The van der Waals surface area contributed by atoms with Gasteiger partial charge in [-0.15, -0.1) is 12.3 Å². The third kappa shape index (κ3) is 3.66. The number of carbonyl (C=O) groups is 1. The fourth-order valence-corrected chi connectivity index (χ4v) is 4.28. The van der Waals surface area contributed by atoms with E-state index < -0.39 is 0 Å². The molecule has 1 atom stereocenters. The number of piperidine rings is 1. The van der Waals surface area contributed by atoms with Gasteiger partial charge in [0.25, 0.3) is 0 Å². The second kappa shape index (κ2) is 7.75. The van der Waals surface area contributed by atoms with Crippen molar-refractivity contribution in [2.75, 3.05) is 13.1 Å². The van der Waals surface area contributed by atoms with Crippen molar-refractivity contribution < 1.29 is 4.79 Å². The van der Waals surface area contributed by atoms with Crippen LogP contribution in [0.15, 0.2) is 34.5 Å². The molecule has 1 aromatic carbocycles. The van der Waals surface area contributed by atoms with Gasteiger partial charge in [0.15, 0.2) is 5.66 Å². The molecule has 0 radical (unpaired) electrons. The quantitative estimate of drug-likeness (QED) is 0.682. The van der Waals surface area contributed by atoms with Crippen molar-refractivity contribution in [1.29, 1.82) is 0 Å². The van der Waals surface area contributed by atoms with Crippen molar-refractivity contribution in [3.05, 3.63) is 30.1 Å². The van der Waals surface area contributed by atoms with Gasteiger partial charge in [-0.25, -0.2) is 4.98 Å². The Morgan fingerprint density at radius 1 is 1.32 bits per heavy atom. The number of hydrogen-bond acceptors (Lipinski definition) is 4. The first-order valence-electron chi connectivity index (χ1n) is 10.3. The Labute approximate surface area is 166 Å². The maximum absolute atomic E-state index is 12.9. The Balaban J connectivity index is 1.44. The Kier molecular flexibility index (Phi) is 5.17. The second-order valence-corrected chi connectivity index (χ2v) is 7.76. The van der Waals surface area contributed by atoms with Crippen molar-refractivity contribution in [1.82, 2.24) is 14.5 Å². The van der Waals surface area contributed by atoms with Gasteiger partial charge in [-0.1, -0.05) is 19.1 Å². The van der Waals surface area contributed by atoms with Crippen LogP contribution in [0.2, 0.25) is 0 Å². The van der Waals surface area contributed by atoms with Gasteiger partial charge < -0.3 is 9.47 Å². The van der Waals surface area contributed by atoms with E-state index in [2.05, 4.69) is 45.8 Å². The Morgan fingerprint density at radius 3 is 2.89 bits per heavy atom. The zero-order valence-corrected chi connectivity index (χ0v) is 16.5. The van der Waals surface area contributed by atoms with Crippen molar-refractivity contribution in [2.24, 2.45) is 10.2 Å². The lowest BCUT2D eigenvalue weighted by Crippen LogP contribution is -2.41. The zero-order valence-electron chi connectivity index (χ0n) is 16.5. The molecule has 2 aliphatic rings. The molecule has 1 fully saturated rings. The van der Waals surface area contributed by atoms with Crippen molar-refractivity contribution in [3.8, 4) is 12.3 Å². The molecule has 1 unspecified atom stereocenters. The topological polar surface area (TPSA) is 62.9 Å². The number of carbonyl (C=O) groups excluding carboxylic acids is 1. The molecular weight excluding hydrogens is 350 g/mol. The fraction of sp³-hybridized carbons (Fsp3) is 0.545. The summed E-state index contributed by atoms with van der Waals surface area (Å²) in [4.78, 5) is 19.7.